The number of sulfonamides is 1. The number of hydrogen-bond acceptors (Lipinski definition) is 6. The van der Waals surface area contributed by atoms with Crippen LogP contribution in [0.1, 0.15) is 32.6 Å². The van der Waals surface area contributed by atoms with Crippen molar-refractivity contribution in [2.45, 2.75) is 38.1 Å². The predicted molar refractivity (Wildman–Crippen MR) is 115 cm³/mol. The lowest BCUT2D eigenvalue weighted by molar-refractivity contribution is 0.240. The number of aromatic nitrogens is 5. The van der Waals surface area contributed by atoms with Gasteiger partial charge in [-0.25, -0.2) is 22.7 Å². The van der Waals surface area contributed by atoms with Crippen LogP contribution in [0.2, 0.25) is 0 Å². The number of nitrogens with one attached hydrogen (secondary N) is 1. The van der Waals surface area contributed by atoms with Crippen molar-refractivity contribution < 1.29 is 8.42 Å². The van der Waals surface area contributed by atoms with Gasteiger partial charge in [-0.2, -0.15) is 10.4 Å². The topological polar surface area (TPSA) is 121 Å². The Hall–Kier alpha value is -2.77. The third-order valence-electron chi connectivity index (χ3n) is 6.79. The molecular formula is C21H25N7O2S. The summed E-state index contributed by atoms with van der Waals surface area (Å²) in [5.74, 6) is 0.705. The normalized spacial score (nSPS) is 26.3. The van der Waals surface area contributed by atoms with Gasteiger partial charge in [-0.1, -0.05) is 6.92 Å². The van der Waals surface area contributed by atoms with E-state index in [4.69, 9.17) is 0 Å². The fourth-order valence-corrected chi connectivity index (χ4v) is 7.01. The summed E-state index contributed by atoms with van der Waals surface area (Å²) in [5, 5.41) is 15.2. The first-order valence-corrected chi connectivity index (χ1v) is 12.2. The predicted octanol–water partition coefficient (Wildman–Crippen LogP) is 2.51. The van der Waals surface area contributed by atoms with Crippen LogP contribution in [0.5, 0.6) is 0 Å². The Labute approximate surface area is 181 Å². The number of nitrogens with zero attached hydrogens (tertiary/aromatic N) is 6. The molecule has 9 nitrogen and oxygen atoms in total. The summed E-state index contributed by atoms with van der Waals surface area (Å²) in [5.41, 5.74) is 2.05. The van der Waals surface area contributed by atoms with Crippen molar-refractivity contribution in [3.05, 3.63) is 31.0 Å². The van der Waals surface area contributed by atoms with E-state index in [9.17, 15) is 13.7 Å². The summed E-state index contributed by atoms with van der Waals surface area (Å²) in [6, 6.07) is 4.29. The SMILES string of the molecule is CCCS(=O)(=O)N1CC2CC(CC#N)(n3cc(-c4ncnc5[nH]ccc45)cn3)CC2C1. The van der Waals surface area contributed by atoms with Gasteiger partial charge < -0.3 is 4.98 Å². The van der Waals surface area contributed by atoms with Crippen LogP contribution in [0.15, 0.2) is 31.0 Å². The van der Waals surface area contributed by atoms with Gasteiger partial charge in [-0.3, -0.25) is 4.68 Å². The van der Waals surface area contributed by atoms with Gasteiger partial charge in [0.1, 0.15) is 12.0 Å². The summed E-state index contributed by atoms with van der Waals surface area (Å²) in [4.78, 5) is 11.8. The molecule has 0 bridgehead atoms. The van der Waals surface area contributed by atoms with Crippen molar-refractivity contribution in [3.63, 3.8) is 0 Å². The van der Waals surface area contributed by atoms with Gasteiger partial charge in [0, 0.05) is 36.4 Å². The lowest BCUT2D eigenvalue weighted by Crippen LogP contribution is -2.36. The van der Waals surface area contributed by atoms with Crippen LogP contribution in [0, 0.1) is 23.2 Å². The molecule has 0 amide bonds. The van der Waals surface area contributed by atoms with E-state index in [1.54, 1.807) is 10.5 Å². The Morgan fingerprint density at radius 2 is 2.06 bits per heavy atom. The van der Waals surface area contributed by atoms with E-state index in [2.05, 4.69) is 26.1 Å². The Balaban J connectivity index is 1.42. The molecule has 31 heavy (non-hydrogen) atoms. The van der Waals surface area contributed by atoms with Gasteiger partial charge in [0.15, 0.2) is 0 Å². The van der Waals surface area contributed by atoms with E-state index in [1.807, 2.05) is 30.1 Å². The molecule has 162 valence electrons. The molecule has 0 radical (unpaired) electrons. The monoisotopic (exact) mass is 439 g/mol. The summed E-state index contributed by atoms with van der Waals surface area (Å²) in [6.45, 7) is 2.98. The number of hydrogen-bond donors (Lipinski definition) is 1. The maximum absolute atomic E-state index is 12.5. The molecule has 2 unspecified atom stereocenters. The van der Waals surface area contributed by atoms with E-state index >= 15 is 0 Å². The van der Waals surface area contributed by atoms with Crippen LogP contribution in [-0.2, 0) is 15.6 Å². The van der Waals surface area contributed by atoms with E-state index in [0.29, 0.717) is 25.9 Å². The Morgan fingerprint density at radius 3 is 2.77 bits per heavy atom. The van der Waals surface area contributed by atoms with Crippen molar-refractivity contribution in [3.8, 4) is 17.3 Å². The molecule has 2 aliphatic rings. The van der Waals surface area contributed by atoms with Crippen LogP contribution >= 0.6 is 0 Å². The summed E-state index contributed by atoms with van der Waals surface area (Å²) >= 11 is 0. The molecule has 1 saturated heterocycles. The zero-order valence-corrected chi connectivity index (χ0v) is 18.2. The third-order valence-corrected chi connectivity index (χ3v) is 8.80. The number of H-pyrrole nitrogens is 1. The minimum absolute atomic E-state index is 0.199. The van der Waals surface area contributed by atoms with E-state index < -0.39 is 15.6 Å². The second kappa shape index (κ2) is 7.43. The maximum atomic E-state index is 12.5. The average molecular weight is 440 g/mol. The first-order chi connectivity index (χ1) is 15.0. The van der Waals surface area contributed by atoms with Gasteiger partial charge in [0.2, 0.25) is 10.0 Å². The fraction of sp³-hybridized carbons (Fsp3) is 0.524. The zero-order chi connectivity index (χ0) is 21.6. The minimum atomic E-state index is -3.18. The Bertz CT molecular complexity index is 1240. The van der Waals surface area contributed by atoms with Crippen LogP contribution in [0.4, 0.5) is 0 Å². The van der Waals surface area contributed by atoms with Crippen LogP contribution < -0.4 is 0 Å². The Kier molecular flexibility index (Phi) is 4.83. The smallest absolute Gasteiger partial charge is 0.214 e. The number of fused-ring (bicyclic) bond motifs is 2. The van der Waals surface area contributed by atoms with Gasteiger partial charge in [0.05, 0.1) is 35.7 Å². The number of aromatic amines is 1. The molecule has 1 N–H and O–H groups in total. The highest BCUT2D eigenvalue weighted by Crippen LogP contribution is 2.50. The lowest BCUT2D eigenvalue weighted by atomic mass is 9.92. The highest BCUT2D eigenvalue weighted by atomic mass is 32.2. The summed E-state index contributed by atoms with van der Waals surface area (Å²) < 4.78 is 28.6. The van der Waals surface area contributed by atoms with Gasteiger partial charge in [-0.05, 0) is 37.2 Å². The summed E-state index contributed by atoms with van der Waals surface area (Å²) in [7, 11) is -3.18. The van der Waals surface area contributed by atoms with Crippen molar-refractivity contribution in [2.75, 3.05) is 18.8 Å². The first kappa shape index (κ1) is 20.2. The molecule has 1 aliphatic heterocycles. The molecule has 2 atom stereocenters. The largest absolute Gasteiger partial charge is 0.346 e. The minimum Gasteiger partial charge on any atom is -0.346 e. The zero-order valence-electron chi connectivity index (χ0n) is 17.4. The molecule has 0 spiro atoms. The number of nitriles is 1. The van der Waals surface area contributed by atoms with Crippen molar-refractivity contribution in [2.24, 2.45) is 11.8 Å². The summed E-state index contributed by atoms with van der Waals surface area (Å²) in [6.07, 6.45) is 9.62. The third kappa shape index (κ3) is 3.32. The van der Waals surface area contributed by atoms with Crippen LogP contribution in [0.3, 0.4) is 0 Å². The molecule has 0 aromatic carbocycles. The second-order valence-corrected chi connectivity index (χ2v) is 10.8. The highest BCUT2D eigenvalue weighted by Gasteiger charge is 2.52. The molecule has 3 aromatic rings. The quantitative estimate of drug-likeness (QED) is 0.630. The molecule has 4 heterocycles. The molecular weight excluding hydrogens is 414 g/mol. The number of rotatable bonds is 6. The van der Waals surface area contributed by atoms with Crippen molar-refractivity contribution >= 4 is 21.1 Å². The standard InChI is InChI=1S/C21H25N7O2S/c1-2-7-31(29,30)27-11-15-8-21(4-5-22,9-16(15)12-27)28-13-17(10-26-28)19-18-3-6-23-20(18)25-14-24-19/h3,6,10,13-16H,2,4,7-9,11-12H2,1H3,(H,23,24,25). The maximum Gasteiger partial charge on any atom is 0.214 e. The molecule has 3 aromatic heterocycles. The first-order valence-electron chi connectivity index (χ1n) is 10.6. The van der Waals surface area contributed by atoms with Gasteiger partial charge >= 0.3 is 0 Å². The van der Waals surface area contributed by atoms with Gasteiger partial charge in [-0.15, -0.1) is 0 Å². The van der Waals surface area contributed by atoms with Crippen molar-refractivity contribution in [1.29, 1.82) is 5.26 Å². The van der Waals surface area contributed by atoms with E-state index in [1.165, 1.54) is 6.33 Å². The van der Waals surface area contributed by atoms with Crippen LogP contribution in [0.25, 0.3) is 22.3 Å². The molecule has 2 fully saturated rings. The Morgan fingerprint density at radius 1 is 1.29 bits per heavy atom. The molecule has 5 rings (SSSR count). The fourth-order valence-electron chi connectivity index (χ4n) is 5.40. The van der Waals surface area contributed by atoms with Crippen LogP contribution in [-0.4, -0.2) is 56.3 Å². The van der Waals surface area contributed by atoms with E-state index in [0.717, 1.165) is 35.1 Å². The lowest BCUT2D eigenvalue weighted by Gasteiger charge is -2.29. The molecule has 1 saturated carbocycles. The van der Waals surface area contributed by atoms with E-state index in [-0.39, 0.29) is 17.6 Å². The van der Waals surface area contributed by atoms with Gasteiger partial charge in [0.25, 0.3) is 0 Å². The highest BCUT2D eigenvalue weighted by molar-refractivity contribution is 7.89. The average Bonchev–Trinajstić information content (AvgIpc) is 3.49. The second-order valence-electron chi connectivity index (χ2n) is 8.76. The van der Waals surface area contributed by atoms with Crippen molar-refractivity contribution in [1.82, 2.24) is 29.0 Å². The molecule has 10 heteroatoms. The molecule has 1 aliphatic carbocycles.